The molecule has 3 rings (SSSR count). The lowest BCUT2D eigenvalue weighted by Crippen LogP contribution is -2.43. The number of hydrogen-bond donors (Lipinski definition) is 1. The van der Waals surface area contributed by atoms with Gasteiger partial charge in [0.05, 0.1) is 22.5 Å². The van der Waals surface area contributed by atoms with Crippen LogP contribution in [-0.4, -0.2) is 36.1 Å². The molecular weight excluding hydrogens is 286 g/mol. The molecular formula is C16H26ClN3O. The van der Waals surface area contributed by atoms with E-state index in [9.17, 15) is 0 Å². The second kappa shape index (κ2) is 5.90. The van der Waals surface area contributed by atoms with Crippen molar-refractivity contribution < 1.29 is 4.74 Å². The van der Waals surface area contributed by atoms with Gasteiger partial charge in [0.15, 0.2) is 0 Å². The normalized spacial score (nSPS) is 29.2. The number of nitrogens with zero attached hydrogens (tertiary/aromatic N) is 2. The van der Waals surface area contributed by atoms with Crippen molar-refractivity contribution in [2.45, 2.75) is 45.1 Å². The quantitative estimate of drug-likeness (QED) is 0.877. The Morgan fingerprint density at radius 3 is 2.81 bits per heavy atom. The van der Waals surface area contributed by atoms with Crippen LogP contribution >= 0.6 is 11.6 Å². The van der Waals surface area contributed by atoms with Crippen LogP contribution in [0.2, 0.25) is 5.02 Å². The zero-order valence-electron chi connectivity index (χ0n) is 13.3. The third kappa shape index (κ3) is 2.73. The van der Waals surface area contributed by atoms with Gasteiger partial charge in [-0.3, -0.25) is 4.68 Å². The molecule has 0 aromatic carbocycles. The van der Waals surface area contributed by atoms with Crippen LogP contribution in [0.3, 0.4) is 0 Å². The molecule has 1 aliphatic carbocycles. The molecule has 2 atom stereocenters. The lowest BCUT2D eigenvalue weighted by Gasteiger charge is -2.34. The van der Waals surface area contributed by atoms with Crippen molar-refractivity contribution in [3.8, 4) is 0 Å². The molecule has 0 radical (unpaired) electrons. The fourth-order valence-electron chi connectivity index (χ4n) is 3.88. The number of aromatic nitrogens is 2. The molecule has 4 nitrogen and oxygen atoms in total. The monoisotopic (exact) mass is 311 g/mol. The van der Waals surface area contributed by atoms with E-state index in [-0.39, 0.29) is 5.41 Å². The molecule has 1 aliphatic heterocycles. The molecule has 2 fully saturated rings. The summed E-state index contributed by atoms with van der Waals surface area (Å²) in [6.45, 7) is 3.96. The topological polar surface area (TPSA) is 39.1 Å². The van der Waals surface area contributed by atoms with Gasteiger partial charge in [0.1, 0.15) is 0 Å². The Hall–Kier alpha value is -0.580. The summed E-state index contributed by atoms with van der Waals surface area (Å²) < 4.78 is 8.09. The predicted octanol–water partition coefficient (Wildman–Crippen LogP) is 2.58. The summed E-state index contributed by atoms with van der Waals surface area (Å²) in [5.74, 6) is 0.749. The minimum absolute atomic E-state index is 0.165. The third-order valence-corrected chi connectivity index (χ3v) is 5.54. The SMILES string of the molecule is CCc1nn(C)c(CC2(CNC)CCOC2C2CC2)c1Cl. The van der Waals surface area contributed by atoms with Crippen LogP contribution in [0.15, 0.2) is 0 Å². The van der Waals surface area contributed by atoms with Crippen molar-refractivity contribution in [2.24, 2.45) is 18.4 Å². The van der Waals surface area contributed by atoms with Gasteiger partial charge in [-0.15, -0.1) is 0 Å². The highest BCUT2D eigenvalue weighted by Gasteiger charge is 2.51. The molecule has 1 saturated heterocycles. The maximum Gasteiger partial charge on any atom is 0.0849 e. The zero-order valence-corrected chi connectivity index (χ0v) is 14.0. The van der Waals surface area contributed by atoms with E-state index < -0.39 is 0 Å². The van der Waals surface area contributed by atoms with E-state index in [4.69, 9.17) is 16.3 Å². The fourth-order valence-corrected chi connectivity index (χ4v) is 4.24. The van der Waals surface area contributed by atoms with E-state index in [1.165, 1.54) is 18.5 Å². The number of rotatable bonds is 6. The van der Waals surface area contributed by atoms with Crippen LogP contribution in [-0.2, 0) is 24.6 Å². The largest absolute Gasteiger partial charge is 0.377 e. The molecule has 2 heterocycles. The van der Waals surface area contributed by atoms with E-state index in [0.29, 0.717) is 6.10 Å². The smallest absolute Gasteiger partial charge is 0.0849 e. The Balaban J connectivity index is 1.90. The number of nitrogens with one attached hydrogen (secondary N) is 1. The summed E-state index contributed by atoms with van der Waals surface area (Å²) in [6.07, 6.45) is 5.95. The second-order valence-corrected chi connectivity index (χ2v) is 7.01. The van der Waals surface area contributed by atoms with E-state index in [0.717, 1.165) is 49.0 Å². The third-order valence-electron chi connectivity index (χ3n) is 5.10. The van der Waals surface area contributed by atoms with Gasteiger partial charge in [-0.05, 0) is 38.6 Å². The van der Waals surface area contributed by atoms with Gasteiger partial charge in [0.25, 0.3) is 0 Å². The molecule has 2 aliphatic rings. The standard InChI is InChI=1S/C16H26ClN3O/c1-4-12-14(17)13(20(3)19-12)9-16(10-18-2)7-8-21-15(16)11-5-6-11/h11,15,18H,4-10H2,1-3H3. The van der Waals surface area contributed by atoms with E-state index in [2.05, 4.69) is 17.3 Å². The summed E-state index contributed by atoms with van der Waals surface area (Å²) in [7, 11) is 4.04. The summed E-state index contributed by atoms with van der Waals surface area (Å²) in [5, 5.41) is 8.82. The molecule has 1 aromatic rings. The molecule has 0 bridgehead atoms. The highest BCUT2D eigenvalue weighted by atomic mass is 35.5. The fraction of sp³-hybridized carbons (Fsp3) is 0.812. The molecule has 0 amide bonds. The van der Waals surface area contributed by atoms with Gasteiger partial charge in [-0.25, -0.2) is 0 Å². The van der Waals surface area contributed by atoms with E-state index in [1.807, 2.05) is 18.8 Å². The summed E-state index contributed by atoms with van der Waals surface area (Å²) in [6, 6.07) is 0. The molecule has 1 saturated carbocycles. The van der Waals surface area contributed by atoms with Crippen LogP contribution in [0.25, 0.3) is 0 Å². The van der Waals surface area contributed by atoms with Crippen molar-refractivity contribution in [2.75, 3.05) is 20.2 Å². The Morgan fingerprint density at radius 2 is 2.24 bits per heavy atom. The first-order chi connectivity index (χ1) is 10.1. The van der Waals surface area contributed by atoms with Gasteiger partial charge in [0.2, 0.25) is 0 Å². The molecule has 2 unspecified atom stereocenters. The van der Waals surface area contributed by atoms with Crippen LogP contribution in [0.1, 0.15) is 37.6 Å². The minimum Gasteiger partial charge on any atom is -0.377 e. The number of aryl methyl sites for hydroxylation is 2. The molecule has 118 valence electrons. The van der Waals surface area contributed by atoms with E-state index >= 15 is 0 Å². The zero-order chi connectivity index (χ0) is 15.0. The van der Waals surface area contributed by atoms with Gasteiger partial charge in [-0.1, -0.05) is 18.5 Å². The first kappa shape index (κ1) is 15.3. The van der Waals surface area contributed by atoms with E-state index in [1.54, 1.807) is 0 Å². The average molecular weight is 312 g/mol. The Bertz CT molecular complexity index is 512. The molecule has 5 heteroatoms. The maximum atomic E-state index is 6.57. The van der Waals surface area contributed by atoms with Gasteiger partial charge < -0.3 is 10.1 Å². The van der Waals surface area contributed by atoms with Crippen molar-refractivity contribution in [1.29, 1.82) is 0 Å². The summed E-state index contributed by atoms with van der Waals surface area (Å²) >= 11 is 6.57. The van der Waals surface area contributed by atoms with Gasteiger partial charge in [0, 0.05) is 32.0 Å². The van der Waals surface area contributed by atoms with Crippen LogP contribution in [0.5, 0.6) is 0 Å². The summed E-state index contributed by atoms with van der Waals surface area (Å²) in [5.41, 5.74) is 2.34. The number of ether oxygens (including phenoxy) is 1. The average Bonchev–Trinajstić information content (AvgIpc) is 3.18. The van der Waals surface area contributed by atoms with Gasteiger partial charge >= 0.3 is 0 Å². The first-order valence-electron chi connectivity index (χ1n) is 8.07. The van der Waals surface area contributed by atoms with Crippen molar-refractivity contribution in [3.63, 3.8) is 0 Å². The highest BCUT2D eigenvalue weighted by Crippen LogP contribution is 2.49. The van der Waals surface area contributed by atoms with Crippen molar-refractivity contribution in [3.05, 3.63) is 16.4 Å². The molecule has 21 heavy (non-hydrogen) atoms. The molecule has 0 spiro atoms. The molecule has 1 aromatic heterocycles. The predicted molar refractivity (Wildman–Crippen MR) is 84.7 cm³/mol. The minimum atomic E-state index is 0.165. The summed E-state index contributed by atoms with van der Waals surface area (Å²) in [4.78, 5) is 0. The first-order valence-corrected chi connectivity index (χ1v) is 8.45. The lowest BCUT2D eigenvalue weighted by atomic mass is 9.75. The number of hydrogen-bond acceptors (Lipinski definition) is 3. The molecule has 1 N–H and O–H groups in total. The van der Waals surface area contributed by atoms with Crippen molar-refractivity contribution in [1.82, 2.24) is 15.1 Å². The lowest BCUT2D eigenvalue weighted by molar-refractivity contribution is 0.0307. The Kier molecular flexibility index (Phi) is 4.30. The number of halogens is 1. The van der Waals surface area contributed by atoms with Crippen molar-refractivity contribution >= 4 is 11.6 Å². The van der Waals surface area contributed by atoms with Crippen LogP contribution in [0.4, 0.5) is 0 Å². The van der Waals surface area contributed by atoms with Crippen LogP contribution in [0, 0.1) is 11.3 Å². The Labute approximate surface area is 132 Å². The Morgan fingerprint density at radius 1 is 1.48 bits per heavy atom. The maximum absolute atomic E-state index is 6.57. The van der Waals surface area contributed by atoms with Gasteiger partial charge in [-0.2, -0.15) is 5.10 Å². The highest BCUT2D eigenvalue weighted by molar-refractivity contribution is 6.31. The second-order valence-electron chi connectivity index (χ2n) is 6.63. The van der Waals surface area contributed by atoms with Crippen LogP contribution < -0.4 is 5.32 Å².